The Bertz CT molecular complexity index is 1040. The highest BCUT2D eigenvalue weighted by molar-refractivity contribution is 6.30. The van der Waals surface area contributed by atoms with Crippen molar-refractivity contribution < 1.29 is 14.3 Å². The average molecular weight is 421 g/mol. The number of carbonyl (C=O) groups is 2. The molecule has 3 aromatic rings. The van der Waals surface area contributed by atoms with E-state index in [0.717, 1.165) is 11.1 Å². The van der Waals surface area contributed by atoms with Crippen molar-refractivity contribution in [2.24, 2.45) is 0 Å². The lowest BCUT2D eigenvalue weighted by Crippen LogP contribution is -2.46. The third-order valence-corrected chi connectivity index (χ3v) is 5.37. The maximum Gasteiger partial charge on any atom is 0.325 e. The molecule has 1 fully saturated rings. The van der Waals surface area contributed by atoms with Crippen LogP contribution < -0.4 is 10.1 Å². The smallest absolute Gasteiger partial charge is 0.325 e. The van der Waals surface area contributed by atoms with Crippen molar-refractivity contribution in [3.63, 3.8) is 0 Å². The van der Waals surface area contributed by atoms with Gasteiger partial charge >= 0.3 is 6.03 Å². The Balaban J connectivity index is 1.56. The van der Waals surface area contributed by atoms with Gasteiger partial charge in [-0.25, -0.2) is 4.79 Å². The summed E-state index contributed by atoms with van der Waals surface area (Å²) in [5.41, 5.74) is 0.577. The van der Waals surface area contributed by atoms with Gasteiger partial charge in [0, 0.05) is 11.4 Å². The normalized spacial score (nSPS) is 18.4. The van der Waals surface area contributed by atoms with E-state index in [9.17, 15) is 9.59 Å². The highest BCUT2D eigenvalue weighted by Gasteiger charge is 2.52. The van der Waals surface area contributed by atoms with Gasteiger partial charge in [0.15, 0.2) is 5.54 Å². The Hall–Kier alpha value is -3.31. The summed E-state index contributed by atoms with van der Waals surface area (Å²) in [6.07, 6.45) is 0.369. The molecule has 4 rings (SSSR count). The Kier molecular flexibility index (Phi) is 5.72. The van der Waals surface area contributed by atoms with Crippen LogP contribution in [0.3, 0.4) is 0 Å². The van der Waals surface area contributed by atoms with Crippen LogP contribution in [0.1, 0.15) is 11.1 Å². The van der Waals surface area contributed by atoms with Crippen molar-refractivity contribution in [1.29, 1.82) is 0 Å². The largest absolute Gasteiger partial charge is 0.492 e. The van der Waals surface area contributed by atoms with Gasteiger partial charge in [0.05, 0.1) is 6.54 Å². The molecule has 1 aliphatic rings. The molecule has 1 heterocycles. The number of amides is 3. The second-order valence-electron chi connectivity index (χ2n) is 7.13. The Labute approximate surface area is 180 Å². The number of halogens is 1. The number of nitrogens with one attached hydrogen (secondary N) is 1. The van der Waals surface area contributed by atoms with Crippen LogP contribution in [-0.2, 0) is 16.8 Å². The summed E-state index contributed by atoms with van der Waals surface area (Å²) in [4.78, 5) is 27.5. The zero-order valence-electron chi connectivity index (χ0n) is 16.3. The van der Waals surface area contributed by atoms with E-state index in [1.165, 1.54) is 4.90 Å². The van der Waals surface area contributed by atoms with Gasteiger partial charge in [-0.2, -0.15) is 0 Å². The number of hydrogen-bond donors (Lipinski definition) is 1. The van der Waals surface area contributed by atoms with E-state index in [2.05, 4.69) is 5.32 Å². The molecule has 0 aliphatic carbocycles. The Morgan fingerprint density at radius 3 is 2.30 bits per heavy atom. The first kappa shape index (κ1) is 20.0. The number of carbonyl (C=O) groups excluding carboxylic acids is 2. The number of hydrogen-bond acceptors (Lipinski definition) is 3. The van der Waals surface area contributed by atoms with Crippen LogP contribution >= 0.6 is 11.6 Å². The maximum atomic E-state index is 13.5. The van der Waals surface area contributed by atoms with E-state index in [4.69, 9.17) is 16.3 Å². The molecule has 5 nitrogen and oxygen atoms in total. The molecule has 3 amide bonds. The zero-order valence-corrected chi connectivity index (χ0v) is 17.0. The van der Waals surface area contributed by atoms with E-state index in [1.807, 2.05) is 60.7 Å². The van der Waals surface area contributed by atoms with Crippen LogP contribution in [0.4, 0.5) is 4.79 Å². The van der Waals surface area contributed by atoms with Gasteiger partial charge in [-0.3, -0.25) is 9.69 Å². The highest BCUT2D eigenvalue weighted by atomic mass is 35.5. The van der Waals surface area contributed by atoms with Crippen molar-refractivity contribution in [3.05, 3.63) is 101 Å². The summed E-state index contributed by atoms with van der Waals surface area (Å²) >= 11 is 5.97. The number of ether oxygens (including phenoxy) is 1. The van der Waals surface area contributed by atoms with E-state index < -0.39 is 11.6 Å². The van der Waals surface area contributed by atoms with E-state index in [-0.39, 0.29) is 19.1 Å². The van der Waals surface area contributed by atoms with Crippen LogP contribution in [0, 0.1) is 0 Å². The second-order valence-corrected chi connectivity index (χ2v) is 7.56. The minimum Gasteiger partial charge on any atom is -0.492 e. The molecule has 0 bridgehead atoms. The van der Waals surface area contributed by atoms with Crippen molar-refractivity contribution >= 4 is 23.5 Å². The first-order chi connectivity index (χ1) is 14.6. The van der Waals surface area contributed by atoms with Crippen LogP contribution in [-0.4, -0.2) is 30.0 Å². The highest BCUT2D eigenvalue weighted by Crippen LogP contribution is 2.33. The van der Waals surface area contributed by atoms with Crippen molar-refractivity contribution in [2.75, 3.05) is 13.2 Å². The molecule has 1 N–H and O–H groups in total. The lowest BCUT2D eigenvalue weighted by Gasteiger charge is -2.27. The maximum absolute atomic E-state index is 13.5. The molecule has 3 aromatic carbocycles. The van der Waals surface area contributed by atoms with Gasteiger partial charge in [-0.05, 0) is 29.3 Å². The molecule has 0 unspecified atom stereocenters. The van der Waals surface area contributed by atoms with Gasteiger partial charge in [0.1, 0.15) is 12.4 Å². The number of nitrogens with zero attached hydrogens (tertiary/aromatic N) is 1. The fraction of sp³-hybridized carbons (Fsp3) is 0.167. The average Bonchev–Trinajstić information content (AvgIpc) is 3.00. The number of urea groups is 1. The molecule has 1 aliphatic heterocycles. The third-order valence-electron chi connectivity index (χ3n) is 5.13. The summed E-state index contributed by atoms with van der Waals surface area (Å²) < 4.78 is 5.68. The molecule has 30 heavy (non-hydrogen) atoms. The Morgan fingerprint density at radius 2 is 1.60 bits per heavy atom. The fourth-order valence-electron chi connectivity index (χ4n) is 3.68. The first-order valence-corrected chi connectivity index (χ1v) is 10.1. The summed E-state index contributed by atoms with van der Waals surface area (Å²) in [5.74, 6) is 0.311. The molecular weight excluding hydrogens is 400 g/mol. The fourth-order valence-corrected chi connectivity index (χ4v) is 3.86. The third kappa shape index (κ3) is 4.02. The van der Waals surface area contributed by atoms with E-state index in [0.29, 0.717) is 17.2 Å². The monoisotopic (exact) mass is 420 g/mol. The van der Waals surface area contributed by atoms with Gasteiger partial charge in [0.2, 0.25) is 0 Å². The van der Waals surface area contributed by atoms with Crippen molar-refractivity contribution in [1.82, 2.24) is 10.2 Å². The quantitative estimate of drug-likeness (QED) is 0.576. The standard InChI is InChI=1S/C24H21ClN2O3/c25-20-12-7-13-21(16-20)30-15-14-27-22(28)24(26-23(27)29,19-10-5-2-6-11-19)17-18-8-3-1-4-9-18/h1-13,16H,14-15,17H2,(H,26,29)/t24-/m1/s1. The van der Waals surface area contributed by atoms with Crippen LogP contribution in [0.2, 0.25) is 5.02 Å². The second kappa shape index (κ2) is 8.59. The lowest BCUT2D eigenvalue weighted by molar-refractivity contribution is -0.131. The summed E-state index contributed by atoms with van der Waals surface area (Å²) in [5, 5.41) is 3.51. The molecule has 0 spiro atoms. The topological polar surface area (TPSA) is 58.6 Å². The number of rotatable bonds is 7. The minimum atomic E-state index is -1.14. The van der Waals surface area contributed by atoms with Gasteiger partial charge in [-0.1, -0.05) is 78.3 Å². The predicted molar refractivity (Wildman–Crippen MR) is 115 cm³/mol. The Morgan fingerprint density at radius 1 is 0.900 bits per heavy atom. The molecular formula is C24H21ClN2O3. The van der Waals surface area contributed by atoms with Crippen molar-refractivity contribution in [2.45, 2.75) is 12.0 Å². The van der Waals surface area contributed by atoms with E-state index in [1.54, 1.807) is 24.3 Å². The SMILES string of the molecule is O=C1N[C@](Cc2ccccc2)(c2ccccc2)C(=O)N1CCOc1cccc(Cl)c1. The molecule has 0 aromatic heterocycles. The molecule has 1 saturated heterocycles. The molecule has 0 saturated carbocycles. The number of benzene rings is 3. The molecule has 152 valence electrons. The van der Waals surface area contributed by atoms with Crippen LogP contribution in [0.25, 0.3) is 0 Å². The molecule has 1 atom stereocenters. The van der Waals surface area contributed by atoms with Crippen molar-refractivity contribution in [3.8, 4) is 5.75 Å². The summed E-state index contributed by atoms with van der Waals surface area (Å²) in [6.45, 7) is 0.316. The summed E-state index contributed by atoms with van der Waals surface area (Å²) in [7, 11) is 0. The molecule has 6 heteroatoms. The molecule has 0 radical (unpaired) electrons. The summed E-state index contributed by atoms with van der Waals surface area (Å²) in [6, 6.07) is 25.6. The number of imide groups is 1. The van der Waals surface area contributed by atoms with Gasteiger partial charge in [-0.15, -0.1) is 0 Å². The zero-order chi connectivity index (χ0) is 21.0. The first-order valence-electron chi connectivity index (χ1n) is 9.70. The van der Waals surface area contributed by atoms with Gasteiger partial charge < -0.3 is 10.1 Å². The predicted octanol–water partition coefficient (Wildman–Crippen LogP) is 4.41. The lowest BCUT2D eigenvalue weighted by atomic mass is 9.83. The van der Waals surface area contributed by atoms with E-state index >= 15 is 0 Å². The minimum absolute atomic E-state index is 0.139. The van der Waals surface area contributed by atoms with Crippen LogP contribution in [0.15, 0.2) is 84.9 Å². The van der Waals surface area contributed by atoms with Gasteiger partial charge in [0.25, 0.3) is 5.91 Å². The van der Waals surface area contributed by atoms with Crippen LogP contribution in [0.5, 0.6) is 5.75 Å².